The Bertz CT molecular complexity index is 1210. The third-order valence-electron chi connectivity index (χ3n) is 4.40. The van der Waals surface area contributed by atoms with Crippen LogP contribution in [0.15, 0.2) is 78.6 Å². The van der Waals surface area contributed by atoms with Crippen molar-refractivity contribution in [3.8, 4) is 5.75 Å². The molecule has 2 aromatic heterocycles. The van der Waals surface area contributed by atoms with Crippen molar-refractivity contribution in [2.45, 2.75) is 17.1 Å². The molecule has 12 heteroatoms. The van der Waals surface area contributed by atoms with E-state index in [4.69, 9.17) is 0 Å². The Balaban J connectivity index is 1.61. The number of halogens is 3. The van der Waals surface area contributed by atoms with Crippen molar-refractivity contribution in [3.05, 3.63) is 84.7 Å². The third kappa shape index (κ3) is 8.71. The van der Waals surface area contributed by atoms with Gasteiger partial charge in [-0.3, -0.25) is 9.59 Å². The van der Waals surface area contributed by atoms with E-state index < -0.39 is 12.3 Å². The Kier molecular flexibility index (Phi) is 9.42. The Labute approximate surface area is 209 Å². The summed E-state index contributed by atoms with van der Waals surface area (Å²) in [7, 11) is 0. The number of nitrogens with zero attached hydrogens (tertiary/aromatic N) is 2. The molecule has 3 aromatic rings. The molecule has 8 nitrogen and oxygen atoms in total. The summed E-state index contributed by atoms with van der Waals surface area (Å²) in [6.07, 6.45) is -0.0210. The van der Waals surface area contributed by atoms with E-state index in [1.807, 2.05) is 0 Å². The molecule has 2 amide bonds. The van der Waals surface area contributed by atoms with Crippen LogP contribution >= 0.6 is 11.8 Å². The average Bonchev–Trinajstić information content (AvgIpc) is 2.83. The minimum Gasteiger partial charge on any atom is -0.406 e. The van der Waals surface area contributed by atoms with E-state index in [-0.39, 0.29) is 18.2 Å². The van der Waals surface area contributed by atoms with Crippen molar-refractivity contribution in [2.24, 2.45) is 0 Å². The fourth-order valence-corrected chi connectivity index (χ4v) is 3.81. The highest BCUT2D eigenvalue weighted by Gasteiger charge is 2.31. The maximum Gasteiger partial charge on any atom is 0.573 e. The van der Waals surface area contributed by atoms with Crippen LogP contribution in [0.1, 0.15) is 15.9 Å². The molecule has 0 spiro atoms. The summed E-state index contributed by atoms with van der Waals surface area (Å²) in [4.78, 5) is 33.2. The molecule has 3 N–H and O–H groups in total. The summed E-state index contributed by atoms with van der Waals surface area (Å²) < 4.78 is 40.8. The van der Waals surface area contributed by atoms with Gasteiger partial charge in [-0.15, -0.1) is 31.5 Å². The van der Waals surface area contributed by atoms with Crippen molar-refractivity contribution in [1.29, 1.82) is 0 Å². The van der Waals surface area contributed by atoms with E-state index in [0.29, 0.717) is 34.4 Å². The molecule has 0 saturated carbocycles. The zero-order valence-corrected chi connectivity index (χ0v) is 19.7. The lowest BCUT2D eigenvalue weighted by molar-refractivity contribution is -0.274. The van der Waals surface area contributed by atoms with Crippen LogP contribution in [-0.2, 0) is 10.5 Å². The highest BCUT2D eigenvalue weighted by atomic mass is 32.2. The van der Waals surface area contributed by atoms with Crippen LogP contribution in [0.4, 0.5) is 24.7 Å². The van der Waals surface area contributed by atoms with Crippen LogP contribution in [0, 0.1) is 0 Å². The van der Waals surface area contributed by atoms with Gasteiger partial charge in [-0.1, -0.05) is 6.08 Å². The van der Waals surface area contributed by atoms with E-state index in [1.165, 1.54) is 23.9 Å². The molecule has 3 rings (SSSR count). The number of nitrogens with one attached hydrogen (secondary N) is 3. The van der Waals surface area contributed by atoms with Gasteiger partial charge in [0.15, 0.2) is 0 Å². The molecule has 0 aliphatic heterocycles. The molecule has 0 unspecified atom stereocenters. The van der Waals surface area contributed by atoms with Crippen molar-refractivity contribution < 1.29 is 27.5 Å². The van der Waals surface area contributed by atoms with Gasteiger partial charge in [-0.05, 0) is 54.1 Å². The standard InChI is InChI=1S/C24H22F3N5O3S/c1-2-10-28-14-21(33)32-20-13-16(9-12-29-20)15-36-23-19(4-3-11-30-23)22(34)31-17-5-7-18(8-6-17)35-24(25,26)27/h2-9,11-13,28H,1,10,14-15H2,(H,31,34)(H,29,32,33). The molecule has 0 atom stereocenters. The van der Waals surface area contributed by atoms with E-state index in [1.54, 1.807) is 42.7 Å². The Hall–Kier alpha value is -3.90. The number of hydrogen-bond donors (Lipinski definition) is 3. The van der Waals surface area contributed by atoms with Crippen molar-refractivity contribution in [3.63, 3.8) is 0 Å². The van der Waals surface area contributed by atoms with E-state index in [2.05, 4.69) is 37.2 Å². The van der Waals surface area contributed by atoms with Gasteiger partial charge in [0.1, 0.15) is 16.6 Å². The average molecular weight is 518 g/mol. The largest absolute Gasteiger partial charge is 0.573 e. The van der Waals surface area contributed by atoms with Gasteiger partial charge in [-0.25, -0.2) is 9.97 Å². The molecule has 0 fully saturated rings. The molecule has 0 radical (unpaired) electrons. The molecule has 188 valence electrons. The van der Waals surface area contributed by atoms with Crippen LogP contribution in [0.3, 0.4) is 0 Å². The van der Waals surface area contributed by atoms with Gasteiger partial charge in [0, 0.05) is 30.4 Å². The van der Waals surface area contributed by atoms with Gasteiger partial charge < -0.3 is 20.7 Å². The molecular weight excluding hydrogens is 495 g/mol. The SMILES string of the molecule is C=CCNCC(=O)Nc1cc(CSc2ncccc2C(=O)Nc2ccc(OC(F)(F)F)cc2)ccn1. The number of pyridine rings is 2. The minimum atomic E-state index is -4.80. The number of ether oxygens (including phenoxy) is 1. The van der Waals surface area contributed by atoms with Crippen LogP contribution in [-0.4, -0.2) is 41.2 Å². The molecule has 36 heavy (non-hydrogen) atoms. The second kappa shape index (κ2) is 12.7. The second-order valence-corrected chi connectivity index (χ2v) is 8.15. The van der Waals surface area contributed by atoms with Gasteiger partial charge in [-0.2, -0.15) is 0 Å². The predicted octanol–water partition coefficient (Wildman–Crippen LogP) is 4.63. The van der Waals surface area contributed by atoms with Crippen LogP contribution in [0.5, 0.6) is 5.75 Å². The zero-order chi connectivity index (χ0) is 26.0. The Morgan fingerprint density at radius 3 is 2.56 bits per heavy atom. The number of benzene rings is 1. The molecule has 0 bridgehead atoms. The normalized spacial score (nSPS) is 11.0. The first-order valence-corrected chi connectivity index (χ1v) is 11.5. The lowest BCUT2D eigenvalue weighted by Crippen LogP contribution is -2.28. The summed E-state index contributed by atoms with van der Waals surface area (Å²) in [6.45, 7) is 4.20. The number of anilines is 2. The van der Waals surface area contributed by atoms with Crippen LogP contribution in [0.2, 0.25) is 0 Å². The lowest BCUT2D eigenvalue weighted by atomic mass is 10.2. The van der Waals surface area contributed by atoms with Crippen molar-refractivity contribution in [1.82, 2.24) is 15.3 Å². The number of carbonyl (C=O) groups is 2. The molecule has 1 aromatic carbocycles. The smallest absolute Gasteiger partial charge is 0.406 e. The summed E-state index contributed by atoms with van der Waals surface area (Å²) in [5.74, 6) is -0.254. The van der Waals surface area contributed by atoms with Gasteiger partial charge in [0.2, 0.25) is 5.91 Å². The molecular formula is C24H22F3N5O3S. The summed E-state index contributed by atoms with van der Waals surface area (Å²) in [5.41, 5.74) is 1.45. The van der Waals surface area contributed by atoms with Gasteiger partial charge in [0.05, 0.1) is 12.1 Å². The third-order valence-corrected chi connectivity index (χ3v) is 5.48. The van der Waals surface area contributed by atoms with Crippen molar-refractivity contribution in [2.75, 3.05) is 23.7 Å². The Morgan fingerprint density at radius 2 is 1.83 bits per heavy atom. The van der Waals surface area contributed by atoms with Gasteiger partial charge in [0.25, 0.3) is 5.91 Å². The lowest BCUT2D eigenvalue weighted by Gasteiger charge is -2.11. The predicted molar refractivity (Wildman–Crippen MR) is 131 cm³/mol. The molecule has 0 saturated heterocycles. The first-order valence-electron chi connectivity index (χ1n) is 10.5. The number of carbonyl (C=O) groups excluding carboxylic acids is 2. The molecule has 0 aliphatic carbocycles. The highest BCUT2D eigenvalue weighted by Crippen LogP contribution is 2.27. The number of aromatic nitrogens is 2. The Morgan fingerprint density at radius 1 is 1.06 bits per heavy atom. The summed E-state index contributed by atoms with van der Waals surface area (Å²) >= 11 is 1.31. The monoisotopic (exact) mass is 517 g/mol. The van der Waals surface area contributed by atoms with E-state index in [9.17, 15) is 22.8 Å². The van der Waals surface area contributed by atoms with Crippen LogP contribution in [0.25, 0.3) is 0 Å². The van der Waals surface area contributed by atoms with Crippen molar-refractivity contribution >= 4 is 35.1 Å². The second-order valence-electron chi connectivity index (χ2n) is 7.19. The highest BCUT2D eigenvalue weighted by molar-refractivity contribution is 7.98. The maximum atomic E-state index is 12.8. The maximum absolute atomic E-state index is 12.8. The van der Waals surface area contributed by atoms with Gasteiger partial charge >= 0.3 is 6.36 Å². The number of rotatable bonds is 11. The number of hydrogen-bond acceptors (Lipinski definition) is 7. The number of amides is 2. The molecule has 2 heterocycles. The minimum absolute atomic E-state index is 0.122. The zero-order valence-electron chi connectivity index (χ0n) is 18.8. The number of alkyl halides is 3. The first-order chi connectivity index (χ1) is 17.2. The first kappa shape index (κ1) is 26.7. The fraction of sp³-hybridized carbons (Fsp3) is 0.167. The topological polar surface area (TPSA) is 105 Å². The summed E-state index contributed by atoms with van der Waals surface area (Å²) in [6, 6.07) is 11.6. The molecule has 0 aliphatic rings. The number of thioether (sulfide) groups is 1. The van der Waals surface area contributed by atoms with Crippen LogP contribution < -0.4 is 20.7 Å². The van der Waals surface area contributed by atoms with E-state index in [0.717, 1.165) is 17.7 Å². The summed E-state index contributed by atoms with van der Waals surface area (Å²) in [5, 5.41) is 8.71. The fourth-order valence-electron chi connectivity index (χ4n) is 2.88. The quantitative estimate of drug-likeness (QED) is 0.193. The van der Waals surface area contributed by atoms with E-state index >= 15 is 0 Å².